The molecule has 0 aliphatic carbocycles. The third-order valence-corrected chi connectivity index (χ3v) is 3.65. The van der Waals surface area contributed by atoms with Gasteiger partial charge in [-0.05, 0) is 25.8 Å². The van der Waals surface area contributed by atoms with Gasteiger partial charge < -0.3 is 10.3 Å². The molecular formula is C13H23N3O. The number of hydrogen-bond donors (Lipinski definition) is 1. The van der Waals surface area contributed by atoms with Crippen molar-refractivity contribution in [1.82, 2.24) is 10.1 Å². The zero-order valence-electron chi connectivity index (χ0n) is 10.7. The molecule has 0 spiro atoms. The Morgan fingerprint density at radius 1 is 1.47 bits per heavy atom. The molecule has 1 fully saturated rings. The van der Waals surface area contributed by atoms with Crippen LogP contribution in [0, 0.1) is 0 Å². The quantitative estimate of drug-likeness (QED) is 0.873. The molecule has 0 aromatic carbocycles. The molecular weight excluding hydrogens is 214 g/mol. The molecule has 2 rings (SSSR count). The van der Waals surface area contributed by atoms with Crippen LogP contribution in [0.2, 0.25) is 0 Å². The SMILES string of the molecule is CCC1CCCCCN1Cc1cc(CN)no1. The third kappa shape index (κ3) is 3.30. The number of nitrogens with zero attached hydrogens (tertiary/aromatic N) is 2. The van der Waals surface area contributed by atoms with Crippen LogP contribution >= 0.6 is 0 Å². The van der Waals surface area contributed by atoms with Gasteiger partial charge in [0, 0.05) is 18.7 Å². The maximum Gasteiger partial charge on any atom is 0.151 e. The van der Waals surface area contributed by atoms with Crippen molar-refractivity contribution in [3.63, 3.8) is 0 Å². The number of likely N-dealkylation sites (tertiary alicyclic amines) is 1. The van der Waals surface area contributed by atoms with E-state index in [1.165, 1.54) is 38.6 Å². The van der Waals surface area contributed by atoms with Gasteiger partial charge in [0.05, 0.1) is 12.2 Å². The van der Waals surface area contributed by atoms with Crippen LogP contribution in [0.1, 0.15) is 50.5 Å². The Labute approximate surface area is 103 Å². The lowest BCUT2D eigenvalue weighted by molar-refractivity contribution is 0.166. The maximum absolute atomic E-state index is 5.54. The summed E-state index contributed by atoms with van der Waals surface area (Å²) in [4.78, 5) is 2.54. The zero-order valence-corrected chi connectivity index (χ0v) is 10.7. The Balaban J connectivity index is 1.99. The number of hydrogen-bond acceptors (Lipinski definition) is 4. The lowest BCUT2D eigenvalue weighted by Crippen LogP contribution is -2.33. The summed E-state index contributed by atoms with van der Waals surface area (Å²) in [6.45, 7) is 4.79. The van der Waals surface area contributed by atoms with Crippen molar-refractivity contribution in [3.8, 4) is 0 Å². The molecule has 0 bridgehead atoms. The van der Waals surface area contributed by atoms with Crippen molar-refractivity contribution in [2.45, 2.75) is 58.2 Å². The number of aromatic nitrogens is 1. The average Bonchev–Trinajstić information content (AvgIpc) is 2.68. The summed E-state index contributed by atoms with van der Waals surface area (Å²) in [5, 5.41) is 3.95. The van der Waals surface area contributed by atoms with Gasteiger partial charge in [0.25, 0.3) is 0 Å². The summed E-state index contributed by atoms with van der Waals surface area (Å²) >= 11 is 0. The van der Waals surface area contributed by atoms with Crippen molar-refractivity contribution in [2.75, 3.05) is 6.54 Å². The fraction of sp³-hybridized carbons (Fsp3) is 0.769. The molecule has 0 radical (unpaired) electrons. The lowest BCUT2D eigenvalue weighted by atomic mass is 10.1. The van der Waals surface area contributed by atoms with Gasteiger partial charge in [-0.1, -0.05) is 24.9 Å². The van der Waals surface area contributed by atoms with E-state index in [4.69, 9.17) is 10.3 Å². The minimum absolute atomic E-state index is 0.459. The Bertz CT molecular complexity index is 337. The topological polar surface area (TPSA) is 55.3 Å². The Morgan fingerprint density at radius 3 is 3.06 bits per heavy atom. The molecule has 1 aromatic heterocycles. The van der Waals surface area contributed by atoms with Gasteiger partial charge in [0.15, 0.2) is 5.76 Å². The smallest absolute Gasteiger partial charge is 0.151 e. The summed E-state index contributed by atoms with van der Waals surface area (Å²) in [7, 11) is 0. The van der Waals surface area contributed by atoms with E-state index in [2.05, 4.69) is 17.0 Å². The van der Waals surface area contributed by atoms with Gasteiger partial charge in [-0.2, -0.15) is 0 Å². The first kappa shape index (κ1) is 12.6. The minimum atomic E-state index is 0.459. The monoisotopic (exact) mass is 237 g/mol. The minimum Gasteiger partial charge on any atom is -0.360 e. The summed E-state index contributed by atoms with van der Waals surface area (Å²) in [5.74, 6) is 0.950. The average molecular weight is 237 g/mol. The van der Waals surface area contributed by atoms with Crippen molar-refractivity contribution in [1.29, 1.82) is 0 Å². The molecule has 0 saturated carbocycles. The van der Waals surface area contributed by atoms with Gasteiger partial charge in [0.2, 0.25) is 0 Å². The third-order valence-electron chi connectivity index (χ3n) is 3.65. The van der Waals surface area contributed by atoms with Gasteiger partial charge in [0.1, 0.15) is 0 Å². The summed E-state index contributed by atoms with van der Waals surface area (Å²) in [6.07, 6.45) is 6.55. The predicted molar refractivity (Wildman–Crippen MR) is 67.4 cm³/mol. The maximum atomic E-state index is 5.54. The normalized spacial score (nSPS) is 22.6. The van der Waals surface area contributed by atoms with E-state index < -0.39 is 0 Å². The molecule has 1 aromatic rings. The van der Waals surface area contributed by atoms with Crippen LogP contribution in [0.5, 0.6) is 0 Å². The lowest BCUT2D eigenvalue weighted by Gasteiger charge is -2.27. The Kier molecular flexibility index (Phi) is 4.57. The predicted octanol–water partition coefficient (Wildman–Crippen LogP) is 2.29. The van der Waals surface area contributed by atoms with Gasteiger partial charge in [-0.15, -0.1) is 0 Å². The second-order valence-electron chi connectivity index (χ2n) is 4.87. The highest BCUT2D eigenvalue weighted by Crippen LogP contribution is 2.21. The highest BCUT2D eigenvalue weighted by molar-refractivity contribution is 5.05. The van der Waals surface area contributed by atoms with E-state index in [0.29, 0.717) is 12.6 Å². The highest BCUT2D eigenvalue weighted by atomic mass is 16.5. The van der Waals surface area contributed by atoms with Crippen LogP contribution in [0.4, 0.5) is 0 Å². The van der Waals surface area contributed by atoms with Crippen LogP contribution in [0.25, 0.3) is 0 Å². The second kappa shape index (κ2) is 6.17. The van der Waals surface area contributed by atoms with Gasteiger partial charge in [-0.3, -0.25) is 4.90 Å². The molecule has 1 atom stereocenters. The highest BCUT2D eigenvalue weighted by Gasteiger charge is 2.20. The summed E-state index contributed by atoms with van der Waals surface area (Å²) in [6, 6.07) is 2.68. The van der Waals surface area contributed by atoms with Crippen molar-refractivity contribution in [3.05, 3.63) is 17.5 Å². The Hall–Kier alpha value is -0.870. The standard InChI is InChI=1S/C13H23N3O/c1-2-12-6-4-3-5-7-16(12)10-13-8-11(9-14)15-17-13/h8,12H,2-7,9-10,14H2,1H3. The molecule has 1 unspecified atom stereocenters. The largest absolute Gasteiger partial charge is 0.360 e. The van der Waals surface area contributed by atoms with E-state index in [1.54, 1.807) is 0 Å². The summed E-state index contributed by atoms with van der Waals surface area (Å²) < 4.78 is 5.32. The first-order valence-corrected chi connectivity index (χ1v) is 6.72. The molecule has 1 saturated heterocycles. The number of rotatable bonds is 4. The molecule has 96 valence electrons. The van der Waals surface area contributed by atoms with Crippen LogP contribution in [0.3, 0.4) is 0 Å². The van der Waals surface area contributed by atoms with Gasteiger partial charge >= 0.3 is 0 Å². The molecule has 17 heavy (non-hydrogen) atoms. The van der Waals surface area contributed by atoms with E-state index in [0.717, 1.165) is 18.0 Å². The molecule has 4 heteroatoms. The first-order valence-electron chi connectivity index (χ1n) is 6.72. The van der Waals surface area contributed by atoms with E-state index >= 15 is 0 Å². The molecule has 4 nitrogen and oxygen atoms in total. The van der Waals surface area contributed by atoms with E-state index in [9.17, 15) is 0 Å². The van der Waals surface area contributed by atoms with Crippen molar-refractivity contribution < 1.29 is 4.52 Å². The van der Waals surface area contributed by atoms with Crippen LogP contribution in [0.15, 0.2) is 10.6 Å². The Morgan fingerprint density at radius 2 is 2.35 bits per heavy atom. The van der Waals surface area contributed by atoms with Gasteiger partial charge in [-0.25, -0.2) is 0 Å². The van der Waals surface area contributed by atoms with E-state index in [-0.39, 0.29) is 0 Å². The van der Waals surface area contributed by atoms with Crippen molar-refractivity contribution in [2.24, 2.45) is 5.73 Å². The van der Waals surface area contributed by atoms with Crippen LogP contribution in [-0.4, -0.2) is 22.6 Å². The molecule has 2 heterocycles. The fourth-order valence-corrected chi connectivity index (χ4v) is 2.63. The van der Waals surface area contributed by atoms with Crippen LogP contribution in [-0.2, 0) is 13.1 Å². The zero-order chi connectivity index (χ0) is 12.1. The molecule has 1 aliphatic rings. The molecule has 0 amide bonds. The number of nitrogens with two attached hydrogens (primary N) is 1. The fourth-order valence-electron chi connectivity index (χ4n) is 2.63. The molecule has 2 N–H and O–H groups in total. The summed E-state index contributed by atoms with van der Waals surface area (Å²) in [5.41, 5.74) is 6.39. The van der Waals surface area contributed by atoms with Crippen molar-refractivity contribution >= 4 is 0 Å². The van der Waals surface area contributed by atoms with Crippen LogP contribution < -0.4 is 5.73 Å². The first-order chi connectivity index (χ1) is 8.33. The second-order valence-corrected chi connectivity index (χ2v) is 4.87. The van der Waals surface area contributed by atoms with E-state index in [1.807, 2.05) is 6.07 Å². The molecule has 1 aliphatic heterocycles.